The van der Waals surface area contributed by atoms with E-state index in [1.165, 1.54) is 0 Å². The summed E-state index contributed by atoms with van der Waals surface area (Å²) in [6.07, 6.45) is 0. The molecule has 2 amide bonds. The van der Waals surface area contributed by atoms with Gasteiger partial charge in [-0.3, -0.25) is 9.59 Å². The lowest BCUT2D eigenvalue weighted by molar-refractivity contribution is -0.122. The van der Waals surface area contributed by atoms with Gasteiger partial charge in [-0.2, -0.15) is 5.26 Å². The Hall–Kier alpha value is -2.06. The maximum atomic E-state index is 11.4. The van der Waals surface area contributed by atoms with Gasteiger partial charge in [-0.05, 0) is 12.1 Å². The fourth-order valence-corrected chi connectivity index (χ4v) is 1.20. The normalized spacial score (nSPS) is 9.18. The summed E-state index contributed by atoms with van der Waals surface area (Å²) in [5.41, 5.74) is 0.782. The van der Waals surface area contributed by atoms with Crippen molar-refractivity contribution in [3.63, 3.8) is 0 Å². The number of para-hydroxylation sites is 1. The van der Waals surface area contributed by atoms with E-state index in [0.29, 0.717) is 11.3 Å². The van der Waals surface area contributed by atoms with Gasteiger partial charge in [0, 0.05) is 0 Å². The van der Waals surface area contributed by atoms with Crippen LogP contribution in [0.1, 0.15) is 5.56 Å². The molecular formula is C11H10ClN3O2. The third kappa shape index (κ3) is 4.13. The van der Waals surface area contributed by atoms with Crippen molar-refractivity contribution in [1.29, 1.82) is 5.26 Å². The number of carbonyl (C=O) groups excluding carboxylic acids is 2. The standard InChI is InChI=1S/C11H10ClN3O2/c12-5-10(16)14-7-11(17)15-9-4-2-1-3-8(9)6-13/h1-4H,5,7H2,(H,14,16)(H,15,17). The zero-order valence-electron chi connectivity index (χ0n) is 8.87. The number of anilines is 1. The van der Waals surface area contributed by atoms with Crippen molar-refractivity contribution in [3.05, 3.63) is 29.8 Å². The summed E-state index contributed by atoms with van der Waals surface area (Å²) in [7, 11) is 0. The van der Waals surface area contributed by atoms with Crippen LogP contribution in [0.4, 0.5) is 5.69 Å². The summed E-state index contributed by atoms with van der Waals surface area (Å²) in [6.45, 7) is -0.175. The average molecular weight is 252 g/mol. The molecule has 2 N–H and O–H groups in total. The molecule has 0 aliphatic carbocycles. The molecule has 6 heteroatoms. The molecule has 0 aromatic heterocycles. The van der Waals surface area contributed by atoms with Crippen molar-refractivity contribution in [2.24, 2.45) is 0 Å². The van der Waals surface area contributed by atoms with Gasteiger partial charge >= 0.3 is 0 Å². The van der Waals surface area contributed by atoms with E-state index in [9.17, 15) is 9.59 Å². The molecule has 5 nitrogen and oxygen atoms in total. The molecule has 0 bridgehead atoms. The molecule has 0 unspecified atom stereocenters. The minimum atomic E-state index is -0.421. The Morgan fingerprint density at radius 1 is 1.29 bits per heavy atom. The number of halogens is 1. The summed E-state index contributed by atoms with van der Waals surface area (Å²) < 4.78 is 0. The first-order valence-electron chi connectivity index (χ1n) is 4.79. The molecular weight excluding hydrogens is 242 g/mol. The number of benzene rings is 1. The molecule has 0 saturated carbocycles. The van der Waals surface area contributed by atoms with Crippen molar-refractivity contribution in [3.8, 4) is 6.07 Å². The number of alkyl halides is 1. The fraction of sp³-hybridized carbons (Fsp3) is 0.182. The predicted octanol–water partition coefficient (Wildman–Crippen LogP) is 0.852. The molecule has 0 spiro atoms. The lowest BCUT2D eigenvalue weighted by Crippen LogP contribution is -2.33. The van der Waals surface area contributed by atoms with E-state index in [1.54, 1.807) is 24.3 Å². The Morgan fingerprint density at radius 3 is 2.65 bits per heavy atom. The number of nitriles is 1. The third-order valence-electron chi connectivity index (χ3n) is 1.89. The van der Waals surface area contributed by atoms with Crippen LogP contribution in [-0.2, 0) is 9.59 Å². The zero-order chi connectivity index (χ0) is 12.7. The first-order chi connectivity index (χ1) is 8.17. The molecule has 0 aliphatic rings. The number of nitrogens with one attached hydrogen (secondary N) is 2. The monoisotopic (exact) mass is 251 g/mol. The number of hydrogen-bond donors (Lipinski definition) is 2. The Labute approximate surface area is 103 Å². The molecule has 0 aliphatic heterocycles. The molecule has 1 aromatic rings. The SMILES string of the molecule is N#Cc1ccccc1NC(=O)CNC(=O)CCl. The van der Waals surface area contributed by atoms with Gasteiger partial charge in [0.2, 0.25) is 11.8 Å². The molecule has 0 heterocycles. The number of carbonyl (C=O) groups is 2. The zero-order valence-corrected chi connectivity index (χ0v) is 9.62. The van der Waals surface area contributed by atoms with Gasteiger partial charge in [-0.25, -0.2) is 0 Å². The van der Waals surface area contributed by atoms with Crippen LogP contribution in [0.2, 0.25) is 0 Å². The van der Waals surface area contributed by atoms with Crippen molar-refractivity contribution in [2.45, 2.75) is 0 Å². The number of rotatable bonds is 4. The van der Waals surface area contributed by atoms with Crippen LogP contribution in [0, 0.1) is 11.3 Å². The number of amides is 2. The van der Waals surface area contributed by atoms with Gasteiger partial charge in [-0.1, -0.05) is 12.1 Å². The minimum Gasteiger partial charge on any atom is -0.346 e. The van der Waals surface area contributed by atoms with Crippen molar-refractivity contribution >= 4 is 29.1 Å². The molecule has 0 saturated heterocycles. The Bertz CT molecular complexity index is 468. The van der Waals surface area contributed by atoms with Crippen molar-refractivity contribution < 1.29 is 9.59 Å². The summed E-state index contributed by atoms with van der Waals surface area (Å²) in [5.74, 6) is -1.02. The third-order valence-corrected chi connectivity index (χ3v) is 2.13. The van der Waals surface area contributed by atoms with Crippen LogP contribution in [-0.4, -0.2) is 24.2 Å². The van der Waals surface area contributed by atoms with Gasteiger partial charge in [0.05, 0.1) is 17.8 Å². The van der Waals surface area contributed by atoms with Gasteiger partial charge < -0.3 is 10.6 Å². The smallest absolute Gasteiger partial charge is 0.243 e. The molecule has 0 atom stereocenters. The van der Waals surface area contributed by atoms with E-state index in [4.69, 9.17) is 16.9 Å². The quantitative estimate of drug-likeness (QED) is 0.779. The first-order valence-corrected chi connectivity index (χ1v) is 5.32. The van der Waals surface area contributed by atoms with Crippen molar-refractivity contribution in [1.82, 2.24) is 5.32 Å². The van der Waals surface area contributed by atoms with Crippen LogP contribution < -0.4 is 10.6 Å². The van der Waals surface area contributed by atoms with Crippen molar-refractivity contribution in [2.75, 3.05) is 17.7 Å². The molecule has 17 heavy (non-hydrogen) atoms. The maximum absolute atomic E-state index is 11.4. The Morgan fingerprint density at radius 2 is 2.00 bits per heavy atom. The van der Waals surface area contributed by atoms with Gasteiger partial charge in [0.15, 0.2) is 0 Å². The maximum Gasteiger partial charge on any atom is 0.243 e. The molecule has 1 rings (SSSR count). The van der Waals surface area contributed by atoms with Gasteiger partial charge in [0.1, 0.15) is 11.9 Å². The first kappa shape index (κ1) is 13.0. The Kier molecular flexibility index (Phi) is 4.98. The van der Waals surface area contributed by atoms with E-state index >= 15 is 0 Å². The highest BCUT2D eigenvalue weighted by Crippen LogP contribution is 2.12. The molecule has 1 aromatic carbocycles. The molecule has 0 radical (unpaired) electrons. The topological polar surface area (TPSA) is 82.0 Å². The van der Waals surface area contributed by atoms with E-state index in [1.807, 2.05) is 6.07 Å². The highest BCUT2D eigenvalue weighted by atomic mass is 35.5. The van der Waals surface area contributed by atoms with E-state index in [-0.39, 0.29) is 12.4 Å². The lowest BCUT2D eigenvalue weighted by atomic mass is 10.2. The van der Waals surface area contributed by atoms with E-state index in [0.717, 1.165) is 0 Å². The summed E-state index contributed by atoms with van der Waals surface area (Å²) in [6, 6.07) is 8.56. The molecule has 0 fully saturated rings. The van der Waals surface area contributed by atoms with Crippen LogP contribution >= 0.6 is 11.6 Å². The van der Waals surface area contributed by atoms with E-state index < -0.39 is 11.8 Å². The Balaban J connectivity index is 2.57. The predicted molar refractivity (Wildman–Crippen MR) is 63.5 cm³/mol. The average Bonchev–Trinajstić information content (AvgIpc) is 2.36. The summed E-state index contributed by atoms with van der Waals surface area (Å²) in [4.78, 5) is 22.2. The van der Waals surface area contributed by atoms with Gasteiger partial charge in [-0.15, -0.1) is 11.6 Å². The highest BCUT2D eigenvalue weighted by molar-refractivity contribution is 6.27. The van der Waals surface area contributed by atoms with Crippen LogP contribution in [0.5, 0.6) is 0 Å². The van der Waals surface area contributed by atoms with E-state index in [2.05, 4.69) is 10.6 Å². The second-order valence-electron chi connectivity index (χ2n) is 3.12. The second kappa shape index (κ2) is 6.51. The van der Waals surface area contributed by atoms with Crippen LogP contribution in [0.25, 0.3) is 0 Å². The largest absolute Gasteiger partial charge is 0.346 e. The fourth-order valence-electron chi connectivity index (χ4n) is 1.11. The minimum absolute atomic E-state index is 0.175. The highest BCUT2D eigenvalue weighted by Gasteiger charge is 2.07. The van der Waals surface area contributed by atoms with Gasteiger partial charge in [0.25, 0.3) is 0 Å². The second-order valence-corrected chi connectivity index (χ2v) is 3.38. The number of hydrogen-bond acceptors (Lipinski definition) is 3. The lowest BCUT2D eigenvalue weighted by Gasteiger charge is -2.07. The van der Waals surface area contributed by atoms with Crippen LogP contribution in [0.15, 0.2) is 24.3 Å². The number of nitrogens with zero attached hydrogens (tertiary/aromatic N) is 1. The van der Waals surface area contributed by atoms with Crippen LogP contribution in [0.3, 0.4) is 0 Å². The summed E-state index contributed by atoms with van der Waals surface area (Å²) >= 11 is 5.26. The summed E-state index contributed by atoms with van der Waals surface area (Å²) in [5, 5.41) is 13.6. The molecule has 88 valence electrons.